The third-order valence-corrected chi connectivity index (χ3v) is 3.83. The number of Topliss-reactive ketones (excluding diaryl/α,β-unsaturated/α-hetero) is 1. The molecular formula is C15H18N2O2. The highest BCUT2D eigenvalue weighted by Gasteiger charge is 2.25. The molecule has 19 heavy (non-hydrogen) atoms. The van der Waals surface area contributed by atoms with Gasteiger partial charge in [0.05, 0.1) is 19.3 Å². The lowest BCUT2D eigenvalue weighted by atomic mass is 10.0. The Hall–Kier alpha value is -1.65. The summed E-state index contributed by atoms with van der Waals surface area (Å²) < 4.78 is 5.33. The molecule has 100 valence electrons. The number of nitrogens with zero attached hydrogens (tertiary/aromatic N) is 1. The molecule has 1 saturated heterocycles. The number of aromatic amines is 1. The SMILES string of the molecule is C[C@@H](C(=O)c1c[nH]c2ccccc12)N1CCOCC1. The number of hydrogen-bond donors (Lipinski definition) is 1. The molecule has 4 nitrogen and oxygen atoms in total. The van der Waals surface area contributed by atoms with Crippen LogP contribution in [0, 0.1) is 0 Å². The third-order valence-electron chi connectivity index (χ3n) is 3.83. The first kappa shape index (κ1) is 12.4. The van der Waals surface area contributed by atoms with Crippen molar-refractivity contribution in [2.45, 2.75) is 13.0 Å². The van der Waals surface area contributed by atoms with E-state index in [9.17, 15) is 4.79 Å². The van der Waals surface area contributed by atoms with Crippen LogP contribution in [0.15, 0.2) is 30.5 Å². The first-order chi connectivity index (χ1) is 9.27. The third kappa shape index (κ3) is 2.29. The molecule has 3 rings (SSSR count). The molecule has 0 unspecified atom stereocenters. The van der Waals surface area contributed by atoms with Crippen LogP contribution in [0.25, 0.3) is 10.9 Å². The molecule has 1 N–H and O–H groups in total. The van der Waals surface area contributed by atoms with E-state index in [0.29, 0.717) is 13.2 Å². The van der Waals surface area contributed by atoms with Gasteiger partial charge in [0.15, 0.2) is 5.78 Å². The van der Waals surface area contributed by atoms with Crippen molar-refractivity contribution in [2.24, 2.45) is 0 Å². The van der Waals surface area contributed by atoms with E-state index in [2.05, 4.69) is 9.88 Å². The van der Waals surface area contributed by atoms with E-state index in [1.165, 1.54) is 0 Å². The molecule has 2 heterocycles. The minimum Gasteiger partial charge on any atom is -0.379 e. The molecule has 1 aromatic heterocycles. The van der Waals surface area contributed by atoms with Crippen molar-refractivity contribution in [1.82, 2.24) is 9.88 Å². The molecule has 0 aliphatic carbocycles. The zero-order chi connectivity index (χ0) is 13.2. The van der Waals surface area contributed by atoms with Crippen molar-refractivity contribution in [3.8, 4) is 0 Å². The molecule has 2 aromatic rings. The Labute approximate surface area is 112 Å². The van der Waals surface area contributed by atoms with Crippen LogP contribution in [0.1, 0.15) is 17.3 Å². The average molecular weight is 258 g/mol. The summed E-state index contributed by atoms with van der Waals surface area (Å²) in [7, 11) is 0. The Morgan fingerprint density at radius 2 is 2.05 bits per heavy atom. The Kier molecular flexibility index (Phi) is 3.36. The summed E-state index contributed by atoms with van der Waals surface area (Å²) in [4.78, 5) is 18.0. The van der Waals surface area contributed by atoms with Gasteiger partial charge in [0.2, 0.25) is 0 Å². The molecule has 0 spiro atoms. The van der Waals surface area contributed by atoms with Crippen LogP contribution in [-0.2, 0) is 4.74 Å². The van der Waals surface area contributed by atoms with Crippen LogP contribution in [0.4, 0.5) is 0 Å². The molecule has 1 aliphatic rings. The van der Waals surface area contributed by atoms with E-state index < -0.39 is 0 Å². The second-order valence-electron chi connectivity index (χ2n) is 4.94. The van der Waals surface area contributed by atoms with Gasteiger partial charge in [0, 0.05) is 35.8 Å². The number of para-hydroxylation sites is 1. The Morgan fingerprint density at radius 1 is 1.32 bits per heavy atom. The summed E-state index contributed by atoms with van der Waals surface area (Å²) in [6.07, 6.45) is 1.82. The van der Waals surface area contributed by atoms with Gasteiger partial charge in [-0.1, -0.05) is 18.2 Å². The molecule has 1 fully saturated rings. The monoisotopic (exact) mass is 258 g/mol. The minimum absolute atomic E-state index is 0.0943. The van der Waals surface area contributed by atoms with Crippen molar-refractivity contribution in [2.75, 3.05) is 26.3 Å². The van der Waals surface area contributed by atoms with Gasteiger partial charge in [-0.15, -0.1) is 0 Å². The lowest BCUT2D eigenvalue weighted by molar-refractivity contribution is 0.0209. The first-order valence-electron chi connectivity index (χ1n) is 6.69. The molecule has 1 aromatic carbocycles. The maximum atomic E-state index is 12.6. The van der Waals surface area contributed by atoms with Crippen molar-refractivity contribution in [3.05, 3.63) is 36.0 Å². The van der Waals surface area contributed by atoms with Gasteiger partial charge in [-0.2, -0.15) is 0 Å². The number of H-pyrrole nitrogens is 1. The fourth-order valence-corrected chi connectivity index (χ4v) is 2.63. The predicted molar refractivity (Wildman–Crippen MR) is 74.5 cm³/mol. The van der Waals surface area contributed by atoms with E-state index in [1.54, 1.807) is 0 Å². The summed E-state index contributed by atoms with van der Waals surface area (Å²) >= 11 is 0. The Bertz CT molecular complexity index is 585. The summed E-state index contributed by atoms with van der Waals surface area (Å²) in [6, 6.07) is 7.82. The van der Waals surface area contributed by atoms with Gasteiger partial charge < -0.3 is 9.72 Å². The lowest BCUT2D eigenvalue weighted by Gasteiger charge is -2.31. The van der Waals surface area contributed by atoms with Gasteiger partial charge in [-0.25, -0.2) is 0 Å². The zero-order valence-corrected chi connectivity index (χ0v) is 11.1. The smallest absolute Gasteiger partial charge is 0.181 e. The summed E-state index contributed by atoms with van der Waals surface area (Å²) in [6.45, 7) is 5.07. The second kappa shape index (κ2) is 5.15. The van der Waals surface area contributed by atoms with E-state index in [4.69, 9.17) is 4.74 Å². The van der Waals surface area contributed by atoms with Crippen LogP contribution in [0.3, 0.4) is 0 Å². The summed E-state index contributed by atoms with van der Waals surface area (Å²) in [5, 5.41) is 1.01. The van der Waals surface area contributed by atoms with E-state index in [-0.39, 0.29) is 11.8 Å². The molecule has 0 radical (unpaired) electrons. The summed E-state index contributed by atoms with van der Waals surface area (Å²) in [5.74, 6) is 0.180. The number of carbonyl (C=O) groups is 1. The highest BCUT2D eigenvalue weighted by atomic mass is 16.5. The molecule has 0 bridgehead atoms. The van der Waals surface area contributed by atoms with Gasteiger partial charge in [0.1, 0.15) is 0 Å². The van der Waals surface area contributed by atoms with Gasteiger partial charge in [-0.05, 0) is 13.0 Å². The molecular weight excluding hydrogens is 240 g/mol. The average Bonchev–Trinajstić information content (AvgIpc) is 2.90. The van der Waals surface area contributed by atoms with Crippen molar-refractivity contribution in [1.29, 1.82) is 0 Å². The maximum absolute atomic E-state index is 12.6. The van der Waals surface area contributed by atoms with Gasteiger partial charge in [-0.3, -0.25) is 9.69 Å². The number of aromatic nitrogens is 1. The van der Waals surface area contributed by atoms with Crippen molar-refractivity contribution < 1.29 is 9.53 Å². The van der Waals surface area contributed by atoms with Crippen molar-refractivity contribution >= 4 is 16.7 Å². The van der Waals surface area contributed by atoms with Gasteiger partial charge in [0.25, 0.3) is 0 Å². The second-order valence-corrected chi connectivity index (χ2v) is 4.94. The molecule has 0 amide bonds. The topological polar surface area (TPSA) is 45.3 Å². The number of hydrogen-bond acceptors (Lipinski definition) is 3. The fraction of sp³-hybridized carbons (Fsp3) is 0.400. The lowest BCUT2D eigenvalue weighted by Crippen LogP contribution is -2.45. The maximum Gasteiger partial charge on any atom is 0.181 e. The molecule has 1 aliphatic heterocycles. The fourth-order valence-electron chi connectivity index (χ4n) is 2.63. The number of rotatable bonds is 3. The number of ketones is 1. The first-order valence-corrected chi connectivity index (χ1v) is 6.69. The zero-order valence-electron chi connectivity index (χ0n) is 11.1. The minimum atomic E-state index is -0.0943. The molecule has 1 atom stereocenters. The van der Waals surface area contributed by atoms with Gasteiger partial charge >= 0.3 is 0 Å². The summed E-state index contributed by atoms with van der Waals surface area (Å²) in [5.41, 5.74) is 1.80. The highest BCUT2D eigenvalue weighted by molar-refractivity contribution is 6.10. The van der Waals surface area contributed by atoms with E-state index >= 15 is 0 Å². The highest BCUT2D eigenvalue weighted by Crippen LogP contribution is 2.20. The number of nitrogens with one attached hydrogen (secondary N) is 1. The van der Waals surface area contributed by atoms with E-state index in [0.717, 1.165) is 29.6 Å². The molecule has 4 heteroatoms. The number of benzene rings is 1. The number of morpholine rings is 1. The van der Waals surface area contributed by atoms with Crippen molar-refractivity contribution in [3.63, 3.8) is 0 Å². The normalized spacial score (nSPS) is 18.6. The van der Waals surface area contributed by atoms with Crippen LogP contribution in [0.2, 0.25) is 0 Å². The van der Waals surface area contributed by atoms with Crippen LogP contribution < -0.4 is 0 Å². The number of fused-ring (bicyclic) bond motifs is 1. The standard InChI is InChI=1S/C15H18N2O2/c1-11(17-6-8-19-9-7-17)15(18)13-10-16-14-5-3-2-4-12(13)14/h2-5,10-11,16H,6-9H2,1H3/t11-/m0/s1. The Morgan fingerprint density at radius 3 is 2.84 bits per heavy atom. The number of carbonyl (C=O) groups excluding carboxylic acids is 1. The van der Waals surface area contributed by atoms with Crippen LogP contribution in [-0.4, -0.2) is 48.0 Å². The number of ether oxygens (including phenoxy) is 1. The van der Waals surface area contributed by atoms with Crippen LogP contribution in [0.5, 0.6) is 0 Å². The largest absolute Gasteiger partial charge is 0.379 e. The molecule has 0 saturated carbocycles. The van der Waals surface area contributed by atoms with Crippen LogP contribution >= 0.6 is 0 Å². The quantitative estimate of drug-likeness (QED) is 0.857. The Balaban J connectivity index is 1.86. The van der Waals surface area contributed by atoms with E-state index in [1.807, 2.05) is 37.4 Å². The predicted octanol–water partition coefficient (Wildman–Crippen LogP) is 2.07.